The molecule has 0 saturated heterocycles. The van der Waals surface area contributed by atoms with E-state index in [1.807, 2.05) is 62.4 Å². The molecule has 0 aliphatic rings. The van der Waals surface area contributed by atoms with E-state index in [1.165, 1.54) is 0 Å². The smallest absolute Gasteiger partial charge is 0.236 e. The molecule has 0 radical (unpaired) electrons. The normalized spacial score (nSPS) is 11.1. The third kappa shape index (κ3) is 5.20. The summed E-state index contributed by atoms with van der Waals surface area (Å²) in [7, 11) is 0. The molecule has 0 heterocycles. The van der Waals surface area contributed by atoms with Gasteiger partial charge in [-0.05, 0) is 49.9 Å². The first-order chi connectivity index (χ1) is 12.9. The first-order valence-electron chi connectivity index (χ1n) is 8.98. The number of carbonyl (C=O) groups excluding carboxylic acids is 2. The van der Waals surface area contributed by atoms with E-state index in [9.17, 15) is 9.59 Å². The average molecular weight is 496 g/mol. The molecular weight excluding hydrogens is 472 g/mol. The van der Waals surface area contributed by atoms with E-state index in [0.717, 1.165) is 20.1 Å². The quantitative estimate of drug-likeness (QED) is 0.537. The van der Waals surface area contributed by atoms with Gasteiger partial charge in [0.15, 0.2) is 0 Å². The second-order valence-electron chi connectivity index (χ2n) is 6.34. The second kappa shape index (κ2) is 10.0. The number of halogens is 2. The highest BCUT2D eigenvalue weighted by Crippen LogP contribution is 2.34. The highest BCUT2D eigenvalue weighted by atomic mass is 79.9. The Bertz CT molecular complexity index is 741. The van der Waals surface area contributed by atoms with Crippen LogP contribution in [0.25, 0.3) is 0 Å². The van der Waals surface area contributed by atoms with Crippen LogP contribution in [0.15, 0.2) is 57.5 Å². The molecule has 2 aromatic rings. The van der Waals surface area contributed by atoms with Gasteiger partial charge in [0, 0.05) is 22.0 Å². The molecule has 27 heavy (non-hydrogen) atoms. The number of nitrogens with one attached hydrogen (secondary N) is 2. The molecule has 2 N–H and O–H groups in total. The lowest BCUT2D eigenvalue weighted by molar-refractivity contribution is -0.143. The Kier molecular flexibility index (Phi) is 8.05. The molecule has 2 aromatic carbocycles. The van der Waals surface area contributed by atoms with Crippen molar-refractivity contribution in [3.8, 4) is 0 Å². The maximum atomic E-state index is 13.2. The van der Waals surface area contributed by atoms with Crippen LogP contribution in [0.2, 0.25) is 0 Å². The van der Waals surface area contributed by atoms with E-state index in [4.69, 9.17) is 0 Å². The minimum Gasteiger partial charge on any atom is -0.355 e. The lowest BCUT2D eigenvalue weighted by atomic mass is 9.74. The van der Waals surface area contributed by atoms with Crippen molar-refractivity contribution in [3.63, 3.8) is 0 Å². The largest absolute Gasteiger partial charge is 0.355 e. The van der Waals surface area contributed by atoms with Crippen LogP contribution >= 0.6 is 31.9 Å². The molecule has 0 aliphatic carbocycles. The fraction of sp³-hybridized carbons (Fsp3) is 0.333. The van der Waals surface area contributed by atoms with Gasteiger partial charge in [0.2, 0.25) is 11.8 Å². The van der Waals surface area contributed by atoms with Crippen molar-refractivity contribution in [2.24, 2.45) is 5.41 Å². The highest BCUT2D eigenvalue weighted by molar-refractivity contribution is 9.10. The molecule has 0 unspecified atom stereocenters. The van der Waals surface area contributed by atoms with Crippen molar-refractivity contribution in [3.05, 3.63) is 68.6 Å². The van der Waals surface area contributed by atoms with Crippen LogP contribution in [-0.4, -0.2) is 24.9 Å². The predicted molar refractivity (Wildman–Crippen MR) is 115 cm³/mol. The second-order valence-corrected chi connectivity index (χ2v) is 8.05. The third-order valence-electron chi connectivity index (χ3n) is 4.44. The molecule has 0 atom stereocenters. The van der Waals surface area contributed by atoms with E-state index >= 15 is 0 Å². The number of hydrogen-bond donors (Lipinski definition) is 2. The maximum absolute atomic E-state index is 13.2. The molecule has 2 amide bonds. The molecule has 0 aliphatic heterocycles. The Hall–Kier alpha value is -1.66. The number of carbonyl (C=O) groups is 2. The molecule has 2 rings (SSSR count). The van der Waals surface area contributed by atoms with Crippen LogP contribution in [0.4, 0.5) is 0 Å². The van der Waals surface area contributed by atoms with Crippen LogP contribution in [-0.2, 0) is 22.4 Å². The molecule has 0 spiro atoms. The van der Waals surface area contributed by atoms with Crippen LogP contribution in [0, 0.1) is 5.41 Å². The molecule has 0 aromatic heterocycles. The van der Waals surface area contributed by atoms with Gasteiger partial charge in [-0.2, -0.15) is 0 Å². The average Bonchev–Trinajstić information content (AvgIpc) is 2.65. The molecule has 0 saturated carbocycles. The van der Waals surface area contributed by atoms with Gasteiger partial charge in [0.1, 0.15) is 5.41 Å². The summed E-state index contributed by atoms with van der Waals surface area (Å²) >= 11 is 7.10. The zero-order valence-electron chi connectivity index (χ0n) is 15.5. The lowest BCUT2D eigenvalue weighted by Gasteiger charge is -2.32. The van der Waals surface area contributed by atoms with Gasteiger partial charge < -0.3 is 10.6 Å². The van der Waals surface area contributed by atoms with Crippen LogP contribution in [0.3, 0.4) is 0 Å². The molecule has 144 valence electrons. The minimum absolute atomic E-state index is 0.262. The summed E-state index contributed by atoms with van der Waals surface area (Å²) in [6, 6.07) is 15.4. The summed E-state index contributed by atoms with van der Waals surface area (Å²) in [5.74, 6) is -0.523. The lowest BCUT2D eigenvalue weighted by Crippen LogP contribution is -2.54. The minimum atomic E-state index is -1.25. The summed E-state index contributed by atoms with van der Waals surface area (Å²) in [5.41, 5.74) is 0.587. The monoisotopic (exact) mass is 494 g/mol. The van der Waals surface area contributed by atoms with Crippen molar-refractivity contribution < 1.29 is 9.59 Å². The third-order valence-corrected chi connectivity index (χ3v) is 5.99. The SMILES string of the molecule is CCNC(=O)C(Cc1ccccc1Br)(Cc1ccccc1Br)C(=O)NCC. The summed E-state index contributed by atoms with van der Waals surface area (Å²) < 4.78 is 1.77. The first-order valence-corrected chi connectivity index (χ1v) is 10.6. The topological polar surface area (TPSA) is 58.2 Å². The summed E-state index contributed by atoms with van der Waals surface area (Å²) in [4.78, 5) is 26.4. The standard InChI is InChI=1S/C21H24Br2N2O2/c1-3-24-19(26)21(20(27)25-4-2,13-15-9-5-7-11-17(15)22)14-16-10-6-8-12-18(16)23/h5-12H,3-4,13-14H2,1-2H3,(H,24,26)(H,25,27). The van der Waals surface area contributed by atoms with Crippen LogP contribution in [0.1, 0.15) is 25.0 Å². The fourth-order valence-electron chi connectivity index (χ4n) is 3.08. The zero-order chi connectivity index (χ0) is 19.9. The molecule has 0 bridgehead atoms. The van der Waals surface area contributed by atoms with Gasteiger partial charge in [0.25, 0.3) is 0 Å². The number of amides is 2. The highest BCUT2D eigenvalue weighted by Gasteiger charge is 2.46. The Balaban J connectivity index is 2.57. The van der Waals surface area contributed by atoms with E-state index in [0.29, 0.717) is 25.9 Å². The summed E-state index contributed by atoms with van der Waals surface area (Å²) in [6.45, 7) is 4.65. The van der Waals surface area contributed by atoms with Crippen LogP contribution < -0.4 is 10.6 Å². The van der Waals surface area contributed by atoms with Gasteiger partial charge in [-0.15, -0.1) is 0 Å². The Morgan fingerprint density at radius 3 is 1.48 bits per heavy atom. The fourth-order valence-corrected chi connectivity index (χ4v) is 3.93. The first kappa shape index (κ1) is 21.6. The Morgan fingerprint density at radius 2 is 1.15 bits per heavy atom. The molecular formula is C21H24Br2N2O2. The number of hydrogen-bond acceptors (Lipinski definition) is 2. The Labute approximate surface area is 177 Å². The van der Waals surface area contributed by atoms with E-state index < -0.39 is 5.41 Å². The van der Waals surface area contributed by atoms with Gasteiger partial charge in [-0.1, -0.05) is 68.3 Å². The number of benzene rings is 2. The maximum Gasteiger partial charge on any atom is 0.236 e. The Morgan fingerprint density at radius 1 is 0.778 bits per heavy atom. The molecule has 0 fully saturated rings. The van der Waals surface area contributed by atoms with Crippen LogP contribution in [0.5, 0.6) is 0 Å². The predicted octanol–water partition coefficient (Wildman–Crippen LogP) is 4.26. The molecule has 4 nitrogen and oxygen atoms in total. The summed E-state index contributed by atoms with van der Waals surface area (Å²) in [5, 5.41) is 5.75. The zero-order valence-corrected chi connectivity index (χ0v) is 18.7. The van der Waals surface area contributed by atoms with Crippen molar-refractivity contribution in [2.45, 2.75) is 26.7 Å². The van der Waals surface area contributed by atoms with Crippen molar-refractivity contribution in [2.75, 3.05) is 13.1 Å². The summed E-state index contributed by atoms with van der Waals surface area (Å²) in [6.07, 6.45) is 0.598. The van der Waals surface area contributed by atoms with E-state index in [2.05, 4.69) is 42.5 Å². The van der Waals surface area contributed by atoms with Gasteiger partial charge in [-0.25, -0.2) is 0 Å². The van der Waals surface area contributed by atoms with E-state index in [1.54, 1.807) is 0 Å². The van der Waals surface area contributed by atoms with Crippen molar-refractivity contribution in [1.82, 2.24) is 10.6 Å². The molecule has 6 heteroatoms. The van der Waals surface area contributed by atoms with Crippen molar-refractivity contribution >= 4 is 43.7 Å². The van der Waals surface area contributed by atoms with E-state index in [-0.39, 0.29) is 11.8 Å². The van der Waals surface area contributed by atoms with Crippen molar-refractivity contribution in [1.29, 1.82) is 0 Å². The number of rotatable bonds is 8. The van der Waals surface area contributed by atoms with Gasteiger partial charge in [0.05, 0.1) is 0 Å². The van der Waals surface area contributed by atoms with Gasteiger partial charge >= 0.3 is 0 Å². The van der Waals surface area contributed by atoms with Gasteiger partial charge in [-0.3, -0.25) is 9.59 Å².